The quantitative estimate of drug-likeness (QED) is 0.803. The molecule has 0 heterocycles. The largest absolute Gasteiger partial charge is 0.383 e. The summed E-state index contributed by atoms with van der Waals surface area (Å²) >= 11 is 0. The van der Waals surface area contributed by atoms with Crippen molar-refractivity contribution in [2.24, 2.45) is 5.73 Å². The highest BCUT2D eigenvalue weighted by molar-refractivity contribution is 5.49. The lowest BCUT2D eigenvalue weighted by atomic mass is 10.2. The normalized spacial score (nSPS) is 10.5. The van der Waals surface area contributed by atoms with E-state index in [1.54, 1.807) is 13.2 Å². The topological polar surface area (TPSA) is 38.5 Å². The van der Waals surface area contributed by atoms with E-state index < -0.39 is 0 Å². The molecule has 0 aliphatic rings. The van der Waals surface area contributed by atoms with Crippen molar-refractivity contribution in [1.29, 1.82) is 0 Å². The second kappa shape index (κ2) is 6.45. The maximum absolute atomic E-state index is 13.8. The fourth-order valence-electron chi connectivity index (χ4n) is 1.58. The van der Waals surface area contributed by atoms with E-state index in [-0.39, 0.29) is 5.82 Å². The van der Waals surface area contributed by atoms with E-state index in [4.69, 9.17) is 10.5 Å². The molecule has 1 aromatic rings. The summed E-state index contributed by atoms with van der Waals surface area (Å²) in [5.41, 5.74) is 6.87. The van der Waals surface area contributed by atoms with E-state index in [1.165, 1.54) is 6.07 Å². The number of likely N-dealkylation sites (N-methyl/N-ethyl adjacent to an activating group) is 1. The monoisotopic (exact) mass is 226 g/mol. The Balaban J connectivity index is 2.83. The molecule has 0 aliphatic heterocycles. The van der Waals surface area contributed by atoms with Gasteiger partial charge in [0.25, 0.3) is 0 Å². The van der Waals surface area contributed by atoms with Crippen LogP contribution < -0.4 is 10.6 Å². The molecule has 16 heavy (non-hydrogen) atoms. The minimum absolute atomic E-state index is 0.221. The fourth-order valence-corrected chi connectivity index (χ4v) is 1.58. The number of ether oxygens (including phenoxy) is 1. The zero-order valence-electron chi connectivity index (χ0n) is 9.87. The van der Waals surface area contributed by atoms with Crippen LogP contribution in [0.1, 0.15) is 12.5 Å². The van der Waals surface area contributed by atoms with Gasteiger partial charge in [0.15, 0.2) is 0 Å². The molecule has 90 valence electrons. The van der Waals surface area contributed by atoms with Gasteiger partial charge in [-0.1, -0.05) is 6.07 Å². The maximum Gasteiger partial charge on any atom is 0.146 e. The molecule has 0 aliphatic carbocycles. The molecule has 0 spiro atoms. The van der Waals surface area contributed by atoms with Crippen LogP contribution in [0, 0.1) is 5.82 Å². The number of halogens is 1. The Morgan fingerprint density at radius 1 is 1.44 bits per heavy atom. The van der Waals surface area contributed by atoms with E-state index in [9.17, 15) is 4.39 Å². The van der Waals surface area contributed by atoms with Gasteiger partial charge in [-0.3, -0.25) is 0 Å². The van der Waals surface area contributed by atoms with Gasteiger partial charge < -0.3 is 15.4 Å². The first-order valence-corrected chi connectivity index (χ1v) is 5.45. The summed E-state index contributed by atoms with van der Waals surface area (Å²) in [5, 5.41) is 0. The predicted octanol–water partition coefficient (Wildman–Crippen LogP) is 1.76. The third kappa shape index (κ3) is 3.18. The molecule has 0 unspecified atom stereocenters. The van der Waals surface area contributed by atoms with Crippen LogP contribution in [0.4, 0.5) is 10.1 Å². The lowest BCUT2D eigenvalue weighted by Crippen LogP contribution is -2.27. The predicted molar refractivity (Wildman–Crippen MR) is 64.1 cm³/mol. The van der Waals surface area contributed by atoms with Crippen molar-refractivity contribution >= 4 is 5.69 Å². The molecular weight excluding hydrogens is 207 g/mol. The van der Waals surface area contributed by atoms with Crippen LogP contribution in [0.25, 0.3) is 0 Å². The molecule has 1 aromatic carbocycles. The first kappa shape index (κ1) is 12.9. The van der Waals surface area contributed by atoms with E-state index in [2.05, 4.69) is 0 Å². The van der Waals surface area contributed by atoms with Crippen LogP contribution in [0.2, 0.25) is 0 Å². The van der Waals surface area contributed by atoms with Crippen molar-refractivity contribution in [2.45, 2.75) is 13.5 Å². The molecule has 2 N–H and O–H groups in total. The third-order valence-corrected chi connectivity index (χ3v) is 2.54. The van der Waals surface area contributed by atoms with Gasteiger partial charge in [-0.15, -0.1) is 0 Å². The molecule has 0 radical (unpaired) electrons. The van der Waals surface area contributed by atoms with Gasteiger partial charge in [-0.05, 0) is 24.6 Å². The molecule has 3 nitrogen and oxygen atoms in total. The first-order valence-electron chi connectivity index (χ1n) is 5.45. The number of nitrogens with zero attached hydrogens (tertiary/aromatic N) is 1. The average Bonchev–Trinajstić information content (AvgIpc) is 2.31. The van der Waals surface area contributed by atoms with Crippen molar-refractivity contribution in [2.75, 3.05) is 31.7 Å². The van der Waals surface area contributed by atoms with Crippen LogP contribution in [0.5, 0.6) is 0 Å². The molecule has 0 bridgehead atoms. The zero-order chi connectivity index (χ0) is 12.0. The van der Waals surface area contributed by atoms with Gasteiger partial charge in [-0.2, -0.15) is 0 Å². The molecule has 0 saturated heterocycles. The molecule has 0 saturated carbocycles. The van der Waals surface area contributed by atoms with Crippen LogP contribution in [-0.2, 0) is 11.3 Å². The molecule has 4 heteroatoms. The van der Waals surface area contributed by atoms with Crippen LogP contribution in [0.3, 0.4) is 0 Å². The Morgan fingerprint density at radius 2 is 2.19 bits per heavy atom. The Hall–Kier alpha value is -1.13. The number of nitrogens with two attached hydrogens (primary N) is 1. The summed E-state index contributed by atoms with van der Waals surface area (Å²) in [7, 11) is 1.64. The van der Waals surface area contributed by atoms with Crippen LogP contribution in [-0.4, -0.2) is 26.8 Å². The average molecular weight is 226 g/mol. The summed E-state index contributed by atoms with van der Waals surface area (Å²) in [6, 6.07) is 5.12. The standard InChI is InChI=1S/C12H19FN2O/c1-3-15(6-7-16-2)12-5-4-10(9-14)8-11(12)13/h4-5,8H,3,6-7,9,14H2,1-2H3. The number of methoxy groups -OCH3 is 1. The van der Waals surface area contributed by atoms with Crippen LogP contribution >= 0.6 is 0 Å². The highest BCUT2D eigenvalue weighted by atomic mass is 19.1. The van der Waals surface area contributed by atoms with Gasteiger partial charge in [0.1, 0.15) is 5.82 Å². The summed E-state index contributed by atoms with van der Waals surface area (Å²) in [5.74, 6) is -0.221. The van der Waals surface area contributed by atoms with E-state index >= 15 is 0 Å². The van der Waals surface area contributed by atoms with Gasteiger partial charge in [0, 0.05) is 26.7 Å². The molecule has 0 amide bonds. The minimum atomic E-state index is -0.221. The van der Waals surface area contributed by atoms with Gasteiger partial charge in [0.2, 0.25) is 0 Å². The molecule has 0 atom stereocenters. The lowest BCUT2D eigenvalue weighted by Gasteiger charge is -2.23. The number of benzene rings is 1. The summed E-state index contributed by atoms with van der Waals surface area (Å²) in [6.07, 6.45) is 0. The maximum atomic E-state index is 13.8. The van der Waals surface area contributed by atoms with Crippen molar-refractivity contribution in [3.8, 4) is 0 Å². The van der Waals surface area contributed by atoms with Crippen molar-refractivity contribution in [1.82, 2.24) is 0 Å². The Labute approximate surface area is 96.0 Å². The SMILES string of the molecule is CCN(CCOC)c1ccc(CN)cc1F. The lowest BCUT2D eigenvalue weighted by molar-refractivity contribution is 0.205. The smallest absolute Gasteiger partial charge is 0.146 e. The fraction of sp³-hybridized carbons (Fsp3) is 0.500. The summed E-state index contributed by atoms with van der Waals surface area (Å²) in [6.45, 7) is 4.38. The van der Waals surface area contributed by atoms with E-state index in [0.717, 1.165) is 12.1 Å². The van der Waals surface area contributed by atoms with E-state index in [0.29, 0.717) is 25.4 Å². The third-order valence-electron chi connectivity index (χ3n) is 2.54. The number of hydrogen-bond donors (Lipinski definition) is 1. The summed E-state index contributed by atoms with van der Waals surface area (Å²) < 4.78 is 18.8. The minimum Gasteiger partial charge on any atom is -0.383 e. The zero-order valence-corrected chi connectivity index (χ0v) is 9.87. The highest BCUT2D eigenvalue weighted by Gasteiger charge is 2.09. The Kier molecular flexibility index (Phi) is 5.22. The summed E-state index contributed by atoms with van der Waals surface area (Å²) in [4.78, 5) is 1.94. The van der Waals surface area contributed by atoms with E-state index in [1.807, 2.05) is 17.9 Å². The van der Waals surface area contributed by atoms with Gasteiger partial charge in [-0.25, -0.2) is 4.39 Å². The molecule has 0 fully saturated rings. The van der Waals surface area contributed by atoms with Crippen molar-refractivity contribution in [3.63, 3.8) is 0 Å². The molecule has 0 aromatic heterocycles. The molecular formula is C12H19FN2O. The number of anilines is 1. The van der Waals surface area contributed by atoms with Crippen molar-refractivity contribution < 1.29 is 9.13 Å². The second-order valence-electron chi connectivity index (χ2n) is 3.56. The Morgan fingerprint density at radius 3 is 2.69 bits per heavy atom. The van der Waals surface area contributed by atoms with Gasteiger partial charge in [0.05, 0.1) is 12.3 Å². The number of hydrogen-bond acceptors (Lipinski definition) is 3. The second-order valence-corrected chi connectivity index (χ2v) is 3.56. The Bertz CT molecular complexity index is 331. The number of rotatable bonds is 6. The highest BCUT2D eigenvalue weighted by Crippen LogP contribution is 2.20. The first-order chi connectivity index (χ1) is 7.72. The molecule has 1 rings (SSSR count). The van der Waals surface area contributed by atoms with Gasteiger partial charge >= 0.3 is 0 Å². The van der Waals surface area contributed by atoms with Crippen LogP contribution in [0.15, 0.2) is 18.2 Å². The van der Waals surface area contributed by atoms with Crippen molar-refractivity contribution in [3.05, 3.63) is 29.6 Å².